The number of hydrogen-bond donors (Lipinski definition) is 3. The van der Waals surface area contributed by atoms with Gasteiger partial charge in [0.2, 0.25) is 0 Å². The van der Waals surface area contributed by atoms with Gasteiger partial charge in [-0.25, -0.2) is 5.43 Å². The van der Waals surface area contributed by atoms with E-state index in [2.05, 4.69) is 15.8 Å². The quantitative estimate of drug-likeness (QED) is 0.338. The third-order valence-corrected chi connectivity index (χ3v) is 4.02. The molecule has 0 spiro atoms. The van der Waals surface area contributed by atoms with Crippen molar-refractivity contribution in [1.29, 1.82) is 0 Å². The summed E-state index contributed by atoms with van der Waals surface area (Å²) in [5.74, 6) is -1.29. The van der Waals surface area contributed by atoms with Crippen LogP contribution in [0.5, 0.6) is 11.5 Å². The molecular weight excluding hydrogens is 310 g/mol. The van der Waals surface area contributed by atoms with Gasteiger partial charge in [-0.2, -0.15) is 5.10 Å². The Morgan fingerprint density at radius 2 is 1.92 bits per heavy atom. The lowest BCUT2D eigenvalue weighted by Crippen LogP contribution is -2.43. The van der Waals surface area contributed by atoms with Crippen molar-refractivity contribution in [3.63, 3.8) is 0 Å². The fourth-order valence-corrected chi connectivity index (χ4v) is 2.69. The zero-order valence-corrected chi connectivity index (χ0v) is 13.7. The van der Waals surface area contributed by atoms with Gasteiger partial charge in [-0.1, -0.05) is 31.7 Å². The predicted molar refractivity (Wildman–Crippen MR) is 90.0 cm³/mol. The molecule has 7 heteroatoms. The second kappa shape index (κ2) is 8.90. The Kier molecular flexibility index (Phi) is 6.60. The summed E-state index contributed by atoms with van der Waals surface area (Å²) in [5, 5.41) is 16.4. The van der Waals surface area contributed by atoms with Gasteiger partial charge < -0.3 is 15.2 Å². The zero-order chi connectivity index (χ0) is 17.4. The molecule has 2 amide bonds. The van der Waals surface area contributed by atoms with Crippen LogP contribution in [-0.4, -0.2) is 36.3 Å². The molecule has 1 fully saturated rings. The minimum Gasteiger partial charge on any atom is -0.504 e. The molecule has 0 aliphatic heterocycles. The van der Waals surface area contributed by atoms with Gasteiger partial charge in [0.25, 0.3) is 0 Å². The summed E-state index contributed by atoms with van der Waals surface area (Å²) in [7, 11) is 1.44. The highest BCUT2D eigenvalue weighted by molar-refractivity contribution is 6.35. The fourth-order valence-electron chi connectivity index (χ4n) is 2.69. The van der Waals surface area contributed by atoms with Crippen molar-refractivity contribution in [3.05, 3.63) is 23.8 Å². The van der Waals surface area contributed by atoms with E-state index < -0.39 is 11.8 Å². The van der Waals surface area contributed by atoms with E-state index in [4.69, 9.17) is 4.74 Å². The van der Waals surface area contributed by atoms with Crippen molar-refractivity contribution in [2.75, 3.05) is 7.11 Å². The minimum absolute atomic E-state index is 0.0529. The summed E-state index contributed by atoms with van der Waals surface area (Å²) in [6, 6.07) is 4.95. The molecule has 24 heavy (non-hydrogen) atoms. The molecule has 1 aromatic rings. The number of hydrazone groups is 1. The second-order valence-corrected chi connectivity index (χ2v) is 5.76. The molecule has 2 rings (SSSR count). The number of hydrogen-bond acceptors (Lipinski definition) is 5. The number of phenols is 1. The number of ether oxygens (including phenoxy) is 1. The van der Waals surface area contributed by atoms with Crippen LogP contribution in [0.2, 0.25) is 0 Å². The van der Waals surface area contributed by atoms with E-state index in [1.54, 1.807) is 18.2 Å². The molecule has 0 atom stereocenters. The number of benzene rings is 1. The number of amides is 2. The molecule has 0 bridgehead atoms. The van der Waals surface area contributed by atoms with Crippen LogP contribution in [-0.2, 0) is 9.59 Å². The molecule has 0 saturated heterocycles. The average Bonchev–Trinajstić information content (AvgIpc) is 2.85. The summed E-state index contributed by atoms with van der Waals surface area (Å²) in [4.78, 5) is 23.6. The van der Waals surface area contributed by atoms with Crippen LogP contribution >= 0.6 is 0 Å². The highest BCUT2D eigenvalue weighted by atomic mass is 16.5. The predicted octanol–water partition coefficient (Wildman–Crippen LogP) is 1.69. The highest BCUT2D eigenvalue weighted by Crippen LogP contribution is 2.27. The molecule has 0 unspecified atom stereocenters. The molecule has 1 aliphatic rings. The number of methoxy groups -OCH3 is 1. The van der Waals surface area contributed by atoms with Crippen molar-refractivity contribution in [2.24, 2.45) is 5.10 Å². The topological polar surface area (TPSA) is 100 Å². The Morgan fingerprint density at radius 1 is 1.21 bits per heavy atom. The van der Waals surface area contributed by atoms with E-state index in [0.717, 1.165) is 25.7 Å². The Balaban J connectivity index is 1.86. The number of nitrogens with zero attached hydrogens (tertiary/aromatic N) is 1. The molecule has 7 nitrogen and oxygen atoms in total. The van der Waals surface area contributed by atoms with Gasteiger partial charge in [0.05, 0.1) is 13.3 Å². The van der Waals surface area contributed by atoms with E-state index in [9.17, 15) is 14.7 Å². The third-order valence-electron chi connectivity index (χ3n) is 4.02. The SMILES string of the molecule is COc1cccc(/C=N/NC(=O)C(=O)NC2CCCCCC2)c1O. The van der Waals surface area contributed by atoms with Gasteiger partial charge in [0.1, 0.15) is 0 Å². The van der Waals surface area contributed by atoms with Crippen LogP contribution in [0, 0.1) is 0 Å². The minimum atomic E-state index is -0.821. The van der Waals surface area contributed by atoms with Crippen LogP contribution in [0.25, 0.3) is 0 Å². The van der Waals surface area contributed by atoms with E-state index in [-0.39, 0.29) is 11.8 Å². The normalized spacial score (nSPS) is 15.7. The van der Waals surface area contributed by atoms with Crippen molar-refractivity contribution < 1.29 is 19.4 Å². The van der Waals surface area contributed by atoms with Crippen LogP contribution in [0.3, 0.4) is 0 Å². The third kappa shape index (κ3) is 4.97. The van der Waals surface area contributed by atoms with E-state index >= 15 is 0 Å². The monoisotopic (exact) mass is 333 g/mol. The molecule has 1 saturated carbocycles. The first-order valence-corrected chi connectivity index (χ1v) is 8.11. The smallest absolute Gasteiger partial charge is 0.329 e. The van der Waals surface area contributed by atoms with Crippen molar-refractivity contribution in [2.45, 2.75) is 44.6 Å². The van der Waals surface area contributed by atoms with Crippen LogP contribution in [0.4, 0.5) is 0 Å². The first kappa shape index (κ1) is 17.8. The maximum Gasteiger partial charge on any atom is 0.329 e. The van der Waals surface area contributed by atoms with Gasteiger partial charge >= 0.3 is 11.8 Å². The Bertz CT molecular complexity index is 608. The molecule has 1 aliphatic carbocycles. The fraction of sp³-hybridized carbons (Fsp3) is 0.471. The standard InChI is InChI=1S/C17H23N3O4/c1-24-14-10-6-7-12(15(14)21)11-18-20-17(23)16(22)19-13-8-4-2-3-5-9-13/h6-7,10-11,13,21H,2-5,8-9H2,1H3,(H,19,22)(H,20,23)/b18-11+. The molecule has 130 valence electrons. The number of aromatic hydroxyl groups is 1. The summed E-state index contributed by atoms with van der Waals surface area (Å²) in [6.45, 7) is 0. The van der Waals surface area contributed by atoms with Crippen molar-refractivity contribution in [3.8, 4) is 11.5 Å². The summed E-state index contributed by atoms with van der Waals surface area (Å²) in [5.41, 5.74) is 2.54. The van der Waals surface area contributed by atoms with Crippen LogP contribution < -0.4 is 15.5 Å². The lowest BCUT2D eigenvalue weighted by molar-refractivity contribution is -0.139. The first-order valence-electron chi connectivity index (χ1n) is 8.11. The summed E-state index contributed by atoms with van der Waals surface area (Å²) < 4.78 is 4.98. The molecular formula is C17H23N3O4. The summed E-state index contributed by atoms with van der Waals surface area (Å²) >= 11 is 0. The lowest BCUT2D eigenvalue weighted by atomic mass is 10.1. The first-order chi connectivity index (χ1) is 11.6. The second-order valence-electron chi connectivity index (χ2n) is 5.76. The van der Waals surface area contributed by atoms with Crippen LogP contribution in [0.1, 0.15) is 44.1 Å². The van der Waals surface area contributed by atoms with Gasteiger partial charge in [0, 0.05) is 11.6 Å². The summed E-state index contributed by atoms with van der Waals surface area (Å²) in [6.07, 6.45) is 7.55. The van der Waals surface area contributed by atoms with Gasteiger partial charge in [0.15, 0.2) is 11.5 Å². The van der Waals surface area contributed by atoms with Gasteiger partial charge in [-0.3, -0.25) is 9.59 Å². The molecule has 3 N–H and O–H groups in total. The van der Waals surface area contributed by atoms with E-state index in [0.29, 0.717) is 11.3 Å². The highest BCUT2D eigenvalue weighted by Gasteiger charge is 2.19. The largest absolute Gasteiger partial charge is 0.504 e. The van der Waals surface area contributed by atoms with Crippen LogP contribution in [0.15, 0.2) is 23.3 Å². The zero-order valence-electron chi connectivity index (χ0n) is 13.7. The van der Waals surface area contributed by atoms with Crippen molar-refractivity contribution in [1.82, 2.24) is 10.7 Å². The molecule has 1 aromatic carbocycles. The van der Waals surface area contributed by atoms with E-state index in [1.165, 1.54) is 26.2 Å². The average molecular weight is 333 g/mol. The molecule has 0 heterocycles. The number of carbonyl (C=O) groups is 2. The Labute approximate surface area is 141 Å². The number of para-hydroxylation sites is 1. The maximum atomic E-state index is 11.9. The molecule has 0 radical (unpaired) electrons. The number of nitrogens with one attached hydrogen (secondary N) is 2. The Morgan fingerprint density at radius 3 is 2.58 bits per heavy atom. The maximum absolute atomic E-state index is 11.9. The van der Waals surface area contributed by atoms with Crippen molar-refractivity contribution >= 4 is 18.0 Å². The lowest BCUT2D eigenvalue weighted by Gasteiger charge is -2.15. The van der Waals surface area contributed by atoms with E-state index in [1.807, 2.05) is 0 Å². The van der Waals surface area contributed by atoms with Gasteiger partial charge in [-0.15, -0.1) is 0 Å². The molecule has 0 aromatic heterocycles. The number of carbonyl (C=O) groups excluding carboxylic acids is 2. The Hall–Kier alpha value is -2.57. The number of rotatable bonds is 4. The number of phenolic OH excluding ortho intramolecular Hbond substituents is 1. The van der Waals surface area contributed by atoms with Gasteiger partial charge in [-0.05, 0) is 25.0 Å².